The topological polar surface area (TPSA) is 15.3 Å². The molecule has 2 rings (SSSR count). The monoisotopic (exact) mass is 208 g/mol. The molecule has 15 heavy (non-hydrogen) atoms. The quantitative estimate of drug-likeness (QED) is 0.791. The van der Waals surface area contributed by atoms with Gasteiger partial charge in [0, 0.05) is 25.0 Å². The molecule has 0 bridgehead atoms. The highest BCUT2D eigenvalue weighted by atomic mass is 19.1. The summed E-state index contributed by atoms with van der Waals surface area (Å²) in [6.07, 6.45) is 0. The average molecular weight is 208 g/mol. The molecule has 1 saturated heterocycles. The molecule has 0 saturated carbocycles. The summed E-state index contributed by atoms with van der Waals surface area (Å²) in [5.74, 6) is 0.312. The first-order valence-corrected chi connectivity index (χ1v) is 5.31. The van der Waals surface area contributed by atoms with Gasteiger partial charge in [-0.3, -0.25) is 0 Å². The summed E-state index contributed by atoms with van der Waals surface area (Å²) in [5, 5.41) is 3.38. The van der Waals surface area contributed by atoms with Crippen LogP contribution in [0.5, 0.6) is 0 Å². The molecule has 0 aliphatic carbocycles. The Morgan fingerprint density at radius 2 is 1.87 bits per heavy atom. The lowest BCUT2D eigenvalue weighted by Gasteiger charge is -2.25. The van der Waals surface area contributed by atoms with Crippen molar-refractivity contribution in [3.63, 3.8) is 0 Å². The summed E-state index contributed by atoms with van der Waals surface area (Å²) in [6, 6.07) is 7.38. The van der Waals surface area contributed by atoms with Gasteiger partial charge in [-0.25, -0.2) is 4.39 Å². The summed E-state index contributed by atoms with van der Waals surface area (Å²) in [4.78, 5) is 2.23. The van der Waals surface area contributed by atoms with Crippen LogP contribution in [0.15, 0.2) is 24.3 Å². The lowest BCUT2D eigenvalue weighted by molar-refractivity contribution is 0.291. The average Bonchev–Trinajstić information content (AvgIpc) is 2.67. The second-order valence-electron chi connectivity index (χ2n) is 4.35. The minimum Gasteiger partial charge on any atom is -0.314 e. The van der Waals surface area contributed by atoms with Crippen LogP contribution in [0.3, 0.4) is 0 Å². The normalized spacial score (nSPS) is 26.1. The zero-order valence-electron chi connectivity index (χ0n) is 9.20. The van der Waals surface area contributed by atoms with E-state index in [-0.39, 0.29) is 5.82 Å². The maximum absolute atomic E-state index is 12.8. The van der Waals surface area contributed by atoms with Crippen LogP contribution in [-0.4, -0.2) is 38.1 Å². The molecule has 3 heteroatoms. The number of likely N-dealkylation sites (N-methyl/N-ethyl adjacent to an activating group) is 1. The van der Waals surface area contributed by atoms with Gasteiger partial charge < -0.3 is 10.2 Å². The Bertz CT molecular complexity index is 321. The third kappa shape index (κ3) is 2.19. The van der Waals surface area contributed by atoms with Crippen molar-refractivity contribution in [2.45, 2.75) is 12.0 Å². The van der Waals surface area contributed by atoms with Gasteiger partial charge >= 0.3 is 0 Å². The molecular formula is C12H17FN2. The van der Waals surface area contributed by atoms with Crippen molar-refractivity contribution in [3.8, 4) is 0 Å². The number of nitrogens with zero attached hydrogens (tertiary/aromatic N) is 1. The minimum absolute atomic E-state index is 0.161. The van der Waals surface area contributed by atoms with Crippen LogP contribution in [0.1, 0.15) is 11.5 Å². The molecule has 1 heterocycles. The van der Waals surface area contributed by atoms with Gasteiger partial charge in [-0.15, -0.1) is 0 Å². The highest BCUT2D eigenvalue weighted by Crippen LogP contribution is 2.25. The maximum Gasteiger partial charge on any atom is 0.123 e. The molecule has 1 aliphatic rings. The molecule has 1 fully saturated rings. The Labute approximate surface area is 90.1 Å². The van der Waals surface area contributed by atoms with E-state index < -0.39 is 0 Å². The van der Waals surface area contributed by atoms with Crippen LogP contribution < -0.4 is 5.32 Å². The molecule has 1 aromatic carbocycles. The lowest BCUT2D eigenvalue weighted by Crippen LogP contribution is -2.33. The maximum atomic E-state index is 12.8. The molecule has 0 spiro atoms. The van der Waals surface area contributed by atoms with Crippen molar-refractivity contribution in [1.29, 1.82) is 0 Å². The Balaban J connectivity index is 2.19. The molecule has 0 amide bonds. The minimum atomic E-state index is -0.161. The zero-order chi connectivity index (χ0) is 10.8. The van der Waals surface area contributed by atoms with Crippen molar-refractivity contribution in [3.05, 3.63) is 35.6 Å². The fraction of sp³-hybridized carbons (Fsp3) is 0.500. The van der Waals surface area contributed by atoms with Crippen molar-refractivity contribution in [1.82, 2.24) is 10.2 Å². The van der Waals surface area contributed by atoms with E-state index in [1.54, 1.807) is 12.1 Å². The summed E-state index contributed by atoms with van der Waals surface area (Å²) in [5.41, 5.74) is 1.22. The number of halogens is 1. The van der Waals surface area contributed by atoms with E-state index in [1.807, 2.05) is 12.1 Å². The van der Waals surface area contributed by atoms with Gasteiger partial charge in [0.1, 0.15) is 5.82 Å². The predicted octanol–water partition coefficient (Wildman–Crippen LogP) is 1.44. The first-order chi connectivity index (χ1) is 7.18. The van der Waals surface area contributed by atoms with E-state index in [9.17, 15) is 4.39 Å². The Morgan fingerprint density at radius 3 is 2.47 bits per heavy atom. The number of hydrogen-bond acceptors (Lipinski definition) is 2. The molecule has 2 atom stereocenters. The summed E-state index contributed by atoms with van der Waals surface area (Å²) < 4.78 is 12.8. The van der Waals surface area contributed by atoms with Crippen LogP contribution in [0, 0.1) is 5.82 Å². The van der Waals surface area contributed by atoms with Gasteiger partial charge in [-0.05, 0) is 31.8 Å². The van der Waals surface area contributed by atoms with Crippen molar-refractivity contribution in [2.75, 3.05) is 27.2 Å². The Kier molecular flexibility index (Phi) is 3.03. The van der Waals surface area contributed by atoms with Gasteiger partial charge in [-0.2, -0.15) is 0 Å². The number of nitrogens with one attached hydrogen (secondary N) is 1. The largest absolute Gasteiger partial charge is 0.314 e. The van der Waals surface area contributed by atoms with E-state index in [2.05, 4.69) is 24.3 Å². The van der Waals surface area contributed by atoms with Crippen molar-refractivity contribution < 1.29 is 4.39 Å². The first kappa shape index (κ1) is 10.6. The zero-order valence-corrected chi connectivity index (χ0v) is 9.20. The lowest BCUT2D eigenvalue weighted by atomic mass is 9.94. The highest BCUT2D eigenvalue weighted by molar-refractivity contribution is 5.24. The second kappa shape index (κ2) is 4.29. The number of hydrogen-bond donors (Lipinski definition) is 1. The van der Waals surface area contributed by atoms with E-state index in [1.165, 1.54) is 5.56 Å². The molecule has 1 aromatic rings. The number of rotatable bonds is 2. The van der Waals surface area contributed by atoms with E-state index in [4.69, 9.17) is 0 Å². The molecule has 1 aliphatic heterocycles. The molecule has 0 radical (unpaired) electrons. The third-order valence-electron chi connectivity index (χ3n) is 3.14. The molecule has 2 unspecified atom stereocenters. The van der Waals surface area contributed by atoms with Crippen molar-refractivity contribution in [2.24, 2.45) is 0 Å². The Hall–Kier alpha value is -0.930. The SMILES string of the molecule is CN(C)C1CNCC1c1ccc(F)cc1. The fourth-order valence-electron chi connectivity index (χ4n) is 2.26. The van der Waals surface area contributed by atoms with E-state index in [0.717, 1.165) is 13.1 Å². The summed E-state index contributed by atoms with van der Waals surface area (Å²) in [6.45, 7) is 1.99. The summed E-state index contributed by atoms with van der Waals surface area (Å²) >= 11 is 0. The summed E-state index contributed by atoms with van der Waals surface area (Å²) in [7, 11) is 4.18. The molecule has 82 valence electrons. The molecule has 2 nitrogen and oxygen atoms in total. The van der Waals surface area contributed by atoms with Crippen LogP contribution >= 0.6 is 0 Å². The fourth-order valence-corrected chi connectivity index (χ4v) is 2.26. The van der Waals surface area contributed by atoms with Crippen molar-refractivity contribution >= 4 is 0 Å². The first-order valence-electron chi connectivity index (χ1n) is 5.31. The van der Waals surface area contributed by atoms with Gasteiger partial charge in [0.25, 0.3) is 0 Å². The molecule has 0 aromatic heterocycles. The van der Waals surface area contributed by atoms with Gasteiger partial charge in [0.2, 0.25) is 0 Å². The number of benzene rings is 1. The third-order valence-corrected chi connectivity index (χ3v) is 3.14. The Morgan fingerprint density at radius 1 is 1.20 bits per heavy atom. The predicted molar refractivity (Wildman–Crippen MR) is 59.5 cm³/mol. The van der Waals surface area contributed by atoms with Crippen LogP contribution in [0.25, 0.3) is 0 Å². The smallest absolute Gasteiger partial charge is 0.123 e. The second-order valence-corrected chi connectivity index (χ2v) is 4.35. The van der Waals surface area contributed by atoms with Crippen LogP contribution in [-0.2, 0) is 0 Å². The van der Waals surface area contributed by atoms with Crippen LogP contribution in [0.2, 0.25) is 0 Å². The van der Waals surface area contributed by atoms with E-state index >= 15 is 0 Å². The van der Waals surface area contributed by atoms with Crippen LogP contribution in [0.4, 0.5) is 4.39 Å². The van der Waals surface area contributed by atoms with Gasteiger partial charge in [0.05, 0.1) is 0 Å². The van der Waals surface area contributed by atoms with Gasteiger partial charge in [-0.1, -0.05) is 12.1 Å². The van der Waals surface area contributed by atoms with Gasteiger partial charge in [0.15, 0.2) is 0 Å². The molecule has 1 N–H and O–H groups in total. The highest BCUT2D eigenvalue weighted by Gasteiger charge is 2.29. The van der Waals surface area contributed by atoms with E-state index in [0.29, 0.717) is 12.0 Å². The molecular weight excluding hydrogens is 191 g/mol. The standard InChI is InChI=1S/C12H17FN2/c1-15(2)12-8-14-7-11(12)9-3-5-10(13)6-4-9/h3-6,11-12,14H,7-8H2,1-2H3.